The summed E-state index contributed by atoms with van der Waals surface area (Å²) in [4.78, 5) is 27.9. The van der Waals surface area contributed by atoms with Crippen LogP contribution in [0.3, 0.4) is 0 Å². The van der Waals surface area contributed by atoms with Crippen molar-refractivity contribution in [2.75, 3.05) is 25.0 Å². The summed E-state index contributed by atoms with van der Waals surface area (Å²) >= 11 is 1.53. The van der Waals surface area contributed by atoms with Gasteiger partial charge in [-0.2, -0.15) is 0 Å². The second-order valence-corrected chi connectivity index (χ2v) is 9.21. The van der Waals surface area contributed by atoms with Gasteiger partial charge >= 0.3 is 0 Å². The van der Waals surface area contributed by atoms with Crippen LogP contribution in [-0.4, -0.2) is 36.3 Å². The van der Waals surface area contributed by atoms with E-state index in [1.165, 1.54) is 22.6 Å². The molecule has 0 spiro atoms. The zero-order valence-electron chi connectivity index (χ0n) is 15.4. The fourth-order valence-corrected chi connectivity index (χ4v) is 5.82. The Labute approximate surface area is 154 Å². The minimum absolute atomic E-state index is 0.0459. The van der Waals surface area contributed by atoms with Crippen LogP contribution in [0.2, 0.25) is 0 Å². The van der Waals surface area contributed by atoms with Crippen LogP contribution in [0.4, 0.5) is 5.00 Å². The summed E-state index contributed by atoms with van der Waals surface area (Å²) in [6.07, 6.45) is 4.14. The lowest BCUT2D eigenvalue weighted by atomic mass is 9.88. The molecule has 3 N–H and O–H groups in total. The van der Waals surface area contributed by atoms with Crippen LogP contribution in [0.25, 0.3) is 0 Å². The second kappa shape index (κ2) is 7.46. The van der Waals surface area contributed by atoms with Crippen molar-refractivity contribution < 1.29 is 9.59 Å². The van der Waals surface area contributed by atoms with Gasteiger partial charge in [0.25, 0.3) is 5.91 Å². The van der Waals surface area contributed by atoms with Gasteiger partial charge in [0.05, 0.1) is 12.1 Å². The molecule has 3 atom stereocenters. The van der Waals surface area contributed by atoms with Crippen molar-refractivity contribution in [1.82, 2.24) is 4.90 Å². The molecule has 1 aromatic heterocycles. The normalized spacial score (nSPS) is 26.9. The number of carbonyl (C=O) groups is 2. The number of thiophene rings is 1. The molecular formula is C19H29N3O2S. The number of hydrogen-bond acceptors (Lipinski definition) is 4. The van der Waals surface area contributed by atoms with E-state index in [0.717, 1.165) is 37.9 Å². The number of fused-ring (bicyclic) bond motifs is 1. The molecule has 25 heavy (non-hydrogen) atoms. The molecule has 1 saturated heterocycles. The average molecular weight is 364 g/mol. The summed E-state index contributed by atoms with van der Waals surface area (Å²) in [5, 5.41) is 3.63. The molecule has 2 aliphatic rings. The summed E-state index contributed by atoms with van der Waals surface area (Å²) in [6.45, 7) is 8.99. The Hall–Kier alpha value is -1.40. The maximum Gasteiger partial charge on any atom is 0.251 e. The summed E-state index contributed by atoms with van der Waals surface area (Å²) in [7, 11) is 0. The van der Waals surface area contributed by atoms with Crippen molar-refractivity contribution in [2.24, 2.45) is 23.5 Å². The van der Waals surface area contributed by atoms with E-state index in [2.05, 4.69) is 31.0 Å². The van der Waals surface area contributed by atoms with Crippen LogP contribution in [0.5, 0.6) is 0 Å². The van der Waals surface area contributed by atoms with Crippen LogP contribution < -0.4 is 11.1 Å². The van der Waals surface area contributed by atoms with E-state index in [9.17, 15) is 9.59 Å². The van der Waals surface area contributed by atoms with E-state index in [1.54, 1.807) is 0 Å². The number of amides is 2. The molecule has 1 aromatic rings. The van der Waals surface area contributed by atoms with Gasteiger partial charge < -0.3 is 11.1 Å². The Morgan fingerprint density at radius 1 is 1.20 bits per heavy atom. The molecule has 2 heterocycles. The molecule has 0 unspecified atom stereocenters. The van der Waals surface area contributed by atoms with E-state index in [-0.39, 0.29) is 5.91 Å². The maximum absolute atomic E-state index is 12.5. The summed E-state index contributed by atoms with van der Waals surface area (Å²) < 4.78 is 0. The number of nitrogens with one attached hydrogen (secondary N) is 1. The van der Waals surface area contributed by atoms with Crippen LogP contribution >= 0.6 is 11.3 Å². The lowest BCUT2D eigenvalue weighted by molar-refractivity contribution is -0.117. The van der Waals surface area contributed by atoms with E-state index < -0.39 is 5.91 Å². The minimum atomic E-state index is -0.428. The third-order valence-electron chi connectivity index (χ3n) is 5.32. The first-order valence-corrected chi connectivity index (χ1v) is 10.1. The van der Waals surface area contributed by atoms with Crippen molar-refractivity contribution >= 4 is 28.2 Å². The van der Waals surface area contributed by atoms with Crippen LogP contribution in [0, 0.1) is 17.8 Å². The monoisotopic (exact) mass is 363 g/mol. The van der Waals surface area contributed by atoms with E-state index in [0.29, 0.717) is 34.9 Å². The molecule has 1 aliphatic heterocycles. The Bertz CT molecular complexity index is 660. The molecule has 0 radical (unpaired) electrons. The molecule has 0 bridgehead atoms. The van der Waals surface area contributed by atoms with Crippen molar-refractivity contribution in [1.29, 1.82) is 0 Å². The zero-order chi connectivity index (χ0) is 18.1. The molecule has 0 aromatic carbocycles. The fourth-order valence-electron chi connectivity index (χ4n) is 4.39. The van der Waals surface area contributed by atoms with Gasteiger partial charge in [0.15, 0.2) is 0 Å². The van der Waals surface area contributed by atoms with Crippen molar-refractivity contribution in [2.45, 2.75) is 46.5 Å². The topological polar surface area (TPSA) is 75.4 Å². The molecule has 6 heteroatoms. The highest BCUT2D eigenvalue weighted by molar-refractivity contribution is 7.17. The number of carbonyl (C=O) groups excluding carboxylic acids is 2. The van der Waals surface area contributed by atoms with Gasteiger partial charge in [-0.25, -0.2) is 0 Å². The van der Waals surface area contributed by atoms with Crippen molar-refractivity contribution in [3.63, 3.8) is 0 Å². The first kappa shape index (κ1) is 18.4. The van der Waals surface area contributed by atoms with Gasteiger partial charge in [0.1, 0.15) is 5.00 Å². The molecule has 1 fully saturated rings. The van der Waals surface area contributed by atoms with Crippen LogP contribution in [-0.2, 0) is 17.6 Å². The molecule has 3 rings (SSSR count). The standard InChI is InChI=1S/C19H29N3O2S/c1-11-4-5-14-15(7-11)25-19(17(14)18(20)24)21-16(23)10-22-8-12(2)6-13(3)9-22/h11-13H,4-10H2,1-3H3,(H2,20,24)(H,21,23)/t11-,12-,13+/m1/s1. The fraction of sp³-hybridized carbons (Fsp3) is 0.684. The van der Waals surface area contributed by atoms with Gasteiger partial charge in [0.2, 0.25) is 5.91 Å². The Kier molecular flexibility index (Phi) is 5.49. The van der Waals surface area contributed by atoms with Crippen LogP contribution in [0.1, 0.15) is 54.4 Å². The number of anilines is 1. The van der Waals surface area contributed by atoms with Gasteiger partial charge in [-0.15, -0.1) is 11.3 Å². The number of rotatable bonds is 4. The minimum Gasteiger partial charge on any atom is -0.365 e. The van der Waals surface area contributed by atoms with E-state index in [1.807, 2.05) is 0 Å². The number of piperidine rings is 1. The molecule has 138 valence electrons. The number of nitrogens with zero attached hydrogens (tertiary/aromatic N) is 1. The SMILES string of the molecule is C[C@@H]1CCc2c(sc(NC(=O)CN3C[C@H](C)C[C@H](C)C3)c2C(N)=O)C1. The number of likely N-dealkylation sites (tertiary alicyclic amines) is 1. The highest BCUT2D eigenvalue weighted by Crippen LogP contribution is 2.39. The maximum atomic E-state index is 12.5. The molecule has 2 amide bonds. The molecular weight excluding hydrogens is 334 g/mol. The number of primary amides is 1. The average Bonchev–Trinajstić information content (AvgIpc) is 2.82. The number of nitrogens with two attached hydrogens (primary N) is 1. The van der Waals surface area contributed by atoms with Gasteiger partial charge in [-0.05, 0) is 49.0 Å². The first-order valence-electron chi connectivity index (χ1n) is 9.30. The van der Waals surface area contributed by atoms with E-state index >= 15 is 0 Å². The van der Waals surface area contributed by atoms with Crippen LogP contribution in [0.15, 0.2) is 0 Å². The third kappa shape index (κ3) is 4.23. The Morgan fingerprint density at radius 2 is 1.88 bits per heavy atom. The van der Waals surface area contributed by atoms with Crippen molar-refractivity contribution in [3.8, 4) is 0 Å². The predicted octanol–water partition coefficient (Wildman–Crippen LogP) is 2.89. The zero-order valence-corrected chi connectivity index (χ0v) is 16.2. The Balaban J connectivity index is 1.72. The molecule has 0 saturated carbocycles. The summed E-state index contributed by atoms with van der Waals surface area (Å²) in [5.74, 6) is 1.38. The number of hydrogen-bond donors (Lipinski definition) is 2. The predicted molar refractivity (Wildman–Crippen MR) is 102 cm³/mol. The largest absolute Gasteiger partial charge is 0.365 e. The summed E-state index contributed by atoms with van der Waals surface area (Å²) in [6, 6.07) is 0. The molecule has 1 aliphatic carbocycles. The summed E-state index contributed by atoms with van der Waals surface area (Å²) in [5.41, 5.74) is 7.22. The van der Waals surface area contributed by atoms with Crippen molar-refractivity contribution in [3.05, 3.63) is 16.0 Å². The lowest BCUT2D eigenvalue weighted by Crippen LogP contribution is -2.42. The smallest absolute Gasteiger partial charge is 0.251 e. The second-order valence-electron chi connectivity index (χ2n) is 8.11. The Morgan fingerprint density at radius 3 is 2.52 bits per heavy atom. The van der Waals surface area contributed by atoms with E-state index in [4.69, 9.17) is 5.73 Å². The molecule has 5 nitrogen and oxygen atoms in total. The highest BCUT2D eigenvalue weighted by atomic mass is 32.1. The highest BCUT2D eigenvalue weighted by Gasteiger charge is 2.28. The van der Waals surface area contributed by atoms with Gasteiger partial charge in [-0.3, -0.25) is 14.5 Å². The van der Waals surface area contributed by atoms with Gasteiger partial charge in [-0.1, -0.05) is 20.8 Å². The lowest BCUT2D eigenvalue weighted by Gasteiger charge is -2.34. The quantitative estimate of drug-likeness (QED) is 0.864. The van der Waals surface area contributed by atoms with Gasteiger partial charge in [0, 0.05) is 18.0 Å². The third-order valence-corrected chi connectivity index (χ3v) is 6.49. The first-order chi connectivity index (χ1) is 11.8.